The molecule has 3 unspecified atom stereocenters. The lowest BCUT2D eigenvalue weighted by molar-refractivity contribution is 0.0604. The minimum atomic E-state index is -0.882. The number of hydrogen-bond acceptors (Lipinski definition) is 3. The number of carboxylic acid groups (broad SMARTS) is 1. The predicted molar refractivity (Wildman–Crippen MR) is 73.4 cm³/mol. The van der Waals surface area contributed by atoms with Crippen molar-refractivity contribution < 1.29 is 14.6 Å². The minimum Gasteiger partial charge on any atom is -0.478 e. The summed E-state index contributed by atoms with van der Waals surface area (Å²) in [5.41, 5.74) is 2.48. The summed E-state index contributed by atoms with van der Waals surface area (Å²) < 4.78 is 5.70. The number of hydrogen-bond donors (Lipinski definition) is 2. The molecule has 0 aliphatic carbocycles. The Morgan fingerprint density at radius 1 is 1.47 bits per heavy atom. The van der Waals surface area contributed by atoms with Crippen LogP contribution in [0.1, 0.15) is 41.8 Å². The normalized spacial score (nSPS) is 26.6. The fourth-order valence-electron chi connectivity index (χ4n) is 2.55. The van der Waals surface area contributed by atoms with Gasteiger partial charge in [0.15, 0.2) is 0 Å². The van der Waals surface area contributed by atoms with Gasteiger partial charge in [0, 0.05) is 12.6 Å². The second-order valence-corrected chi connectivity index (χ2v) is 5.32. The van der Waals surface area contributed by atoms with Crippen LogP contribution in [0.4, 0.5) is 0 Å². The number of carbonyl (C=O) groups is 1. The van der Waals surface area contributed by atoms with E-state index in [0.29, 0.717) is 24.3 Å². The van der Waals surface area contributed by atoms with Crippen molar-refractivity contribution in [1.29, 1.82) is 0 Å². The quantitative estimate of drug-likeness (QED) is 0.875. The van der Waals surface area contributed by atoms with Crippen molar-refractivity contribution in [3.63, 3.8) is 0 Å². The van der Waals surface area contributed by atoms with Crippen LogP contribution < -0.4 is 5.32 Å². The molecule has 0 bridgehead atoms. The number of rotatable bonds is 4. The Labute approximate surface area is 113 Å². The second kappa shape index (κ2) is 5.72. The van der Waals surface area contributed by atoms with Gasteiger partial charge in [0.05, 0.1) is 17.8 Å². The summed E-state index contributed by atoms with van der Waals surface area (Å²) in [6.45, 7) is 6.83. The van der Waals surface area contributed by atoms with Crippen molar-refractivity contribution in [2.75, 3.05) is 0 Å². The van der Waals surface area contributed by atoms with Gasteiger partial charge in [-0.1, -0.05) is 6.07 Å². The maximum Gasteiger partial charge on any atom is 0.335 e. The van der Waals surface area contributed by atoms with Crippen LogP contribution in [0.3, 0.4) is 0 Å². The van der Waals surface area contributed by atoms with Gasteiger partial charge in [-0.3, -0.25) is 0 Å². The van der Waals surface area contributed by atoms with Crippen LogP contribution in [-0.2, 0) is 11.3 Å². The molecule has 4 heteroatoms. The van der Waals surface area contributed by atoms with Crippen molar-refractivity contribution >= 4 is 5.97 Å². The first-order valence-corrected chi connectivity index (χ1v) is 6.69. The number of aromatic carboxylic acids is 1. The van der Waals surface area contributed by atoms with Crippen molar-refractivity contribution in [3.05, 3.63) is 34.9 Å². The van der Waals surface area contributed by atoms with Gasteiger partial charge in [-0.25, -0.2) is 4.79 Å². The third-order valence-corrected chi connectivity index (χ3v) is 3.75. The van der Waals surface area contributed by atoms with Gasteiger partial charge in [0.2, 0.25) is 0 Å². The molecule has 0 spiro atoms. The Hall–Kier alpha value is -1.39. The predicted octanol–water partition coefficient (Wildman–Crippen LogP) is 2.35. The summed E-state index contributed by atoms with van der Waals surface area (Å²) in [5, 5.41) is 12.5. The average molecular weight is 263 g/mol. The van der Waals surface area contributed by atoms with Gasteiger partial charge in [-0.05, 0) is 50.5 Å². The Morgan fingerprint density at radius 2 is 2.21 bits per heavy atom. The summed E-state index contributed by atoms with van der Waals surface area (Å²) in [6.07, 6.45) is 1.50. The summed E-state index contributed by atoms with van der Waals surface area (Å²) >= 11 is 0. The van der Waals surface area contributed by atoms with Crippen molar-refractivity contribution in [2.24, 2.45) is 0 Å². The van der Waals surface area contributed by atoms with E-state index in [-0.39, 0.29) is 6.10 Å². The van der Waals surface area contributed by atoms with Crippen LogP contribution in [0.5, 0.6) is 0 Å². The van der Waals surface area contributed by atoms with E-state index in [4.69, 9.17) is 9.84 Å². The van der Waals surface area contributed by atoms with Gasteiger partial charge >= 0.3 is 5.97 Å². The second-order valence-electron chi connectivity index (χ2n) is 5.32. The van der Waals surface area contributed by atoms with Crippen LogP contribution in [0.15, 0.2) is 18.2 Å². The lowest BCUT2D eigenvalue weighted by Crippen LogP contribution is -2.34. The maximum absolute atomic E-state index is 11.0. The van der Waals surface area contributed by atoms with E-state index in [1.54, 1.807) is 12.1 Å². The zero-order chi connectivity index (χ0) is 14.0. The molecule has 3 atom stereocenters. The largest absolute Gasteiger partial charge is 0.478 e. The molecule has 0 aromatic heterocycles. The maximum atomic E-state index is 11.0. The summed E-state index contributed by atoms with van der Waals surface area (Å²) in [7, 11) is 0. The zero-order valence-electron chi connectivity index (χ0n) is 11.6. The average Bonchev–Trinajstić information content (AvgIpc) is 2.66. The van der Waals surface area contributed by atoms with E-state index in [9.17, 15) is 4.79 Å². The first kappa shape index (κ1) is 14.0. The Bertz CT molecular complexity index is 472. The van der Waals surface area contributed by atoms with Gasteiger partial charge < -0.3 is 15.2 Å². The van der Waals surface area contributed by atoms with E-state index >= 15 is 0 Å². The molecule has 1 aromatic rings. The molecule has 1 fully saturated rings. The van der Waals surface area contributed by atoms with E-state index in [2.05, 4.69) is 19.2 Å². The Balaban J connectivity index is 2.03. The van der Waals surface area contributed by atoms with Crippen LogP contribution in [0, 0.1) is 6.92 Å². The Morgan fingerprint density at radius 3 is 2.79 bits per heavy atom. The van der Waals surface area contributed by atoms with E-state index in [1.165, 1.54) is 0 Å². The number of aryl methyl sites for hydroxylation is 1. The molecule has 1 aliphatic rings. The Kier molecular flexibility index (Phi) is 4.22. The van der Waals surface area contributed by atoms with Crippen molar-refractivity contribution in [2.45, 2.75) is 52.0 Å². The molecule has 2 N–H and O–H groups in total. The van der Waals surface area contributed by atoms with E-state index in [0.717, 1.165) is 17.5 Å². The van der Waals surface area contributed by atoms with Crippen molar-refractivity contribution in [3.8, 4) is 0 Å². The fourth-order valence-corrected chi connectivity index (χ4v) is 2.55. The molecule has 0 amide bonds. The molecule has 1 aromatic carbocycles. The van der Waals surface area contributed by atoms with Crippen LogP contribution in [0.2, 0.25) is 0 Å². The monoisotopic (exact) mass is 263 g/mol. The van der Waals surface area contributed by atoms with Gasteiger partial charge in [-0.15, -0.1) is 0 Å². The lowest BCUT2D eigenvalue weighted by Gasteiger charge is -2.17. The lowest BCUT2D eigenvalue weighted by atomic mass is 10.0. The highest BCUT2D eigenvalue weighted by molar-refractivity contribution is 5.87. The highest BCUT2D eigenvalue weighted by atomic mass is 16.5. The third kappa shape index (κ3) is 3.33. The minimum absolute atomic E-state index is 0.206. The molecule has 1 heterocycles. The summed E-state index contributed by atoms with van der Waals surface area (Å²) in [4.78, 5) is 11.0. The molecule has 0 radical (unpaired) electrons. The topological polar surface area (TPSA) is 58.6 Å². The third-order valence-electron chi connectivity index (χ3n) is 3.75. The SMILES string of the molecule is Cc1ccc(C(=O)O)cc1CNC1CC(C)OC1C. The summed E-state index contributed by atoms with van der Waals surface area (Å²) in [6, 6.07) is 5.58. The van der Waals surface area contributed by atoms with Crippen molar-refractivity contribution in [1.82, 2.24) is 5.32 Å². The molecule has 0 saturated carbocycles. The number of benzene rings is 1. The molecule has 1 saturated heterocycles. The first-order valence-electron chi connectivity index (χ1n) is 6.69. The highest BCUT2D eigenvalue weighted by Gasteiger charge is 2.28. The molecular formula is C15H21NO3. The van der Waals surface area contributed by atoms with Gasteiger partial charge in [-0.2, -0.15) is 0 Å². The molecule has 2 rings (SSSR count). The molecule has 104 valence electrons. The van der Waals surface area contributed by atoms with E-state index < -0.39 is 5.97 Å². The zero-order valence-corrected chi connectivity index (χ0v) is 11.6. The summed E-state index contributed by atoms with van der Waals surface area (Å²) in [5.74, 6) is -0.882. The standard InChI is InChI=1S/C15H21NO3/c1-9-4-5-12(15(17)18)7-13(9)8-16-14-6-10(2)19-11(14)3/h4-5,7,10-11,14,16H,6,8H2,1-3H3,(H,17,18). The first-order chi connectivity index (χ1) is 8.97. The molecule has 4 nitrogen and oxygen atoms in total. The van der Waals surface area contributed by atoms with Crippen LogP contribution in [-0.4, -0.2) is 29.3 Å². The molecular weight excluding hydrogens is 242 g/mol. The molecule has 19 heavy (non-hydrogen) atoms. The number of carboxylic acids is 1. The van der Waals surface area contributed by atoms with Gasteiger partial charge in [0.1, 0.15) is 0 Å². The molecule has 1 aliphatic heterocycles. The fraction of sp³-hybridized carbons (Fsp3) is 0.533. The van der Waals surface area contributed by atoms with Gasteiger partial charge in [0.25, 0.3) is 0 Å². The highest BCUT2D eigenvalue weighted by Crippen LogP contribution is 2.20. The number of ether oxygens (including phenoxy) is 1. The van der Waals surface area contributed by atoms with Crippen LogP contribution in [0.25, 0.3) is 0 Å². The van der Waals surface area contributed by atoms with Crippen LogP contribution >= 0.6 is 0 Å². The smallest absolute Gasteiger partial charge is 0.335 e. The number of nitrogens with one attached hydrogen (secondary N) is 1. The van der Waals surface area contributed by atoms with E-state index in [1.807, 2.05) is 13.0 Å².